The Morgan fingerprint density at radius 1 is 0.368 bits per heavy atom. The van der Waals surface area contributed by atoms with E-state index in [1.165, 1.54) is 9.80 Å². The maximum absolute atomic E-state index is 9.84. The van der Waals surface area contributed by atoms with E-state index in [0.717, 1.165) is 11.5 Å². The van der Waals surface area contributed by atoms with Crippen molar-refractivity contribution in [3.8, 4) is 35.4 Å². The minimum absolute atomic E-state index is 0.678. The van der Waals surface area contributed by atoms with Gasteiger partial charge in [-0.05, 0) is 97.1 Å². The molecular formula is C32H22N4O2. The first kappa shape index (κ1) is 24.0. The third-order valence-electron chi connectivity index (χ3n) is 5.71. The SMILES string of the molecule is N#CN(c1ccc(Oc2ccccc2)cc1)c1ccc(N(C#N)c2ccc(Oc3ccccc3)cc2)cc1. The van der Waals surface area contributed by atoms with Gasteiger partial charge >= 0.3 is 0 Å². The molecule has 0 bridgehead atoms. The van der Waals surface area contributed by atoms with Gasteiger partial charge in [-0.2, -0.15) is 10.5 Å². The Morgan fingerprint density at radius 3 is 0.921 bits per heavy atom. The van der Waals surface area contributed by atoms with Crippen LogP contribution >= 0.6 is 0 Å². The molecule has 5 rings (SSSR count). The number of rotatable bonds is 8. The van der Waals surface area contributed by atoms with Crippen LogP contribution in [-0.2, 0) is 0 Å². The molecule has 6 heteroatoms. The minimum Gasteiger partial charge on any atom is -0.457 e. The highest BCUT2D eigenvalue weighted by atomic mass is 16.5. The normalized spacial score (nSPS) is 10.1. The van der Waals surface area contributed by atoms with Gasteiger partial charge in [0.25, 0.3) is 0 Å². The third kappa shape index (κ3) is 5.57. The summed E-state index contributed by atoms with van der Waals surface area (Å²) in [5, 5.41) is 19.7. The fourth-order valence-electron chi connectivity index (χ4n) is 3.86. The molecule has 0 aliphatic heterocycles. The second kappa shape index (κ2) is 11.3. The van der Waals surface area contributed by atoms with Gasteiger partial charge in [-0.3, -0.25) is 0 Å². The third-order valence-corrected chi connectivity index (χ3v) is 5.71. The van der Waals surface area contributed by atoms with Gasteiger partial charge in [0.1, 0.15) is 23.0 Å². The number of hydrogen-bond donors (Lipinski definition) is 0. The second-order valence-corrected chi connectivity index (χ2v) is 8.21. The second-order valence-electron chi connectivity index (χ2n) is 8.21. The molecule has 0 fully saturated rings. The number of nitrogens with zero attached hydrogens (tertiary/aromatic N) is 4. The molecule has 0 aliphatic carbocycles. The van der Waals surface area contributed by atoms with E-state index in [1.54, 1.807) is 0 Å². The monoisotopic (exact) mass is 494 g/mol. The van der Waals surface area contributed by atoms with Gasteiger partial charge in [0, 0.05) is 0 Å². The molecule has 0 heterocycles. The first-order chi connectivity index (χ1) is 18.7. The Morgan fingerprint density at radius 2 is 0.632 bits per heavy atom. The zero-order chi connectivity index (χ0) is 26.2. The lowest BCUT2D eigenvalue weighted by molar-refractivity contribution is 0.482. The average Bonchev–Trinajstić information content (AvgIpc) is 2.97. The minimum atomic E-state index is 0.678. The molecule has 0 atom stereocenters. The first-order valence-corrected chi connectivity index (χ1v) is 11.9. The number of anilines is 4. The van der Waals surface area contributed by atoms with Crippen LogP contribution in [0.3, 0.4) is 0 Å². The van der Waals surface area contributed by atoms with Gasteiger partial charge in [-0.1, -0.05) is 36.4 Å². The Labute approximate surface area is 221 Å². The molecule has 6 nitrogen and oxygen atoms in total. The lowest BCUT2D eigenvalue weighted by atomic mass is 10.2. The molecular weight excluding hydrogens is 472 g/mol. The van der Waals surface area contributed by atoms with Gasteiger partial charge in [0.05, 0.1) is 22.7 Å². The van der Waals surface area contributed by atoms with E-state index in [0.29, 0.717) is 34.2 Å². The fourth-order valence-corrected chi connectivity index (χ4v) is 3.86. The first-order valence-electron chi connectivity index (χ1n) is 11.9. The van der Waals surface area contributed by atoms with Crippen molar-refractivity contribution in [1.82, 2.24) is 0 Å². The van der Waals surface area contributed by atoms with Crippen LogP contribution in [0.1, 0.15) is 0 Å². The molecule has 5 aromatic rings. The van der Waals surface area contributed by atoms with E-state index in [1.807, 2.05) is 133 Å². The standard InChI is InChI=1S/C32H22N4O2/c33-23-35(27-15-19-31(20-16-27)37-29-7-3-1-4-8-29)25-11-13-26(14-12-25)36(24-34)28-17-21-32(22-18-28)38-30-9-5-2-6-10-30/h1-22H. The van der Waals surface area contributed by atoms with Crippen molar-refractivity contribution in [1.29, 1.82) is 10.5 Å². The van der Waals surface area contributed by atoms with Gasteiger partial charge < -0.3 is 9.47 Å². The van der Waals surface area contributed by atoms with Gasteiger partial charge in [0.15, 0.2) is 12.4 Å². The molecule has 0 spiro atoms. The Balaban J connectivity index is 1.29. The summed E-state index contributed by atoms with van der Waals surface area (Å²) in [6.07, 6.45) is 4.45. The zero-order valence-electron chi connectivity index (χ0n) is 20.3. The summed E-state index contributed by atoms with van der Waals surface area (Å²) >= 11 is 0. The van der Waals surface area contributed by atoms with Crippen LogP contribution < -0.4 is 19.3 Å². The Bertz CT molecular complexity index is 1430. The van der Waals surface area contributed by atoms with Gasteiger partial charge in [0.2, 0.25) is 0 Å². The highest BCUT2D eigenvalue weighted by Crippen LogP contribution is 2.32. The van der Waals surface area contributed by atoms with Crippen LogP contribution in [0.15, 0.2) is 133 Å². The Hall–Kier alpha value is -5.72. The molecule has 0 N–H and O–H groups in total. The van der Waals surface area contributed by atoms with Crippen LogP contribution in [-0.4, -0.2) is 0 Å². The maximum Gasteiger partial charge on any atom is 0.189 e. The average molecular weight is 495 g/mol. The van der Waals surface area contributed by atoms with E-state index in [-0.39, 0.29) is 0 Å². The van der Waals surface area contributed by atoms with Crippen molar-refractivity contribution in [3.05, 3.63) is 133 Å². The van der Waals surface area contributed by atoms with Crippen LogP contribution in [0.2, 0.25) is 0 Å². The fraction of sp³-hybridized carbons (Fsp3) is 0. The molecule has 0 aromatic heterocycles. The van der Waals surface area contributed by atoms with Crippen molar-refractivity contribution < 1.29 is 9.47 Å². The summed E-state index contributed by atoms with van der Waals surface area (Å²) in [5.41, 5.74) is 2.76. The summed E-state index contributed by atoms with van der Waals surface area (Å²) in [4.78, 5) is 3.03. The van der Waals surface area contributed by atoms with Crippen LogP contribution in [0.25, 0.3) is 0 Å². The van der Waals surface area contributed by atoms with E-state index >= 15 is 0 Å². The van der Waals surface area contributed by atoms with Crippen LogP contribution in [0, 0.1) is 22.9 Å². The lowest BCUT2D eigenvalue weighted by Gasteiger charge is -2.19. The molecule has 38 heavy (non-hydrogen) atoms. The molecule has 5 aromatic carbocycles. The highest BCUT2D eigenvalue weighted by molar-refractivity contribution is 5.73. The number of benzene rings is 5. The molecule has 0 amide bonds. The molecule has 0 radical (unpaired) electrons. The molecule has 0 saturated heterocycles. The smallest absolute Gasteiger partial charge is 0.189 e. The number of nitriles is 2. The highest BCUT2D eigenvalue weighted by Gasteiger charge is 2.13. The van der Waals surface area contributed by atoms with Gasteiger partial charge in [-0.25, -0.2) is 9.80 Å². The van der Waals surface area contributed by atoms with Crippen molar-refractivity contribution in [2.45, 2.75) is 0 Å². The topological polar surface area (TPSA) is 72.5 Å². The maximum atomic E-state index is 9.84. The summed E-state index contributed by atoms with van der Waals surface area (Å²) in [5.74, 6) is 2.85. The van der Waals surface area contributed by atoms with Crippen LogP contribution in [0.4, 0.5) is 22.7 Å². The quantitative estimate of drug-likeness (QED) is 0.159. The summed E-state index contributed by atoms with van der Waals surface area (Å²) in [6, 6.07) is 40.9. The summed E-state index contributed by atoms with van der Waals surface area (Å²) in [7, 11) is 0. The number of hydrogen-bond acceptors (Lipinski definition) is 6. The molecule has 0 unspecified atom stereocenters. The summed E-state index contributed by atoms with van der Waals surface area (Å²) < 4.78 is 11.7. The van der Waals surface area contributed by atoms with E-state index in [9.17, 15) is 10.5 Å². The van der Waals surface area contributed by atoms with Crippen molar-refractivity contribution in [3.63, 3.8) is 0 Å². The van der Waals surface area contributed by atoms with E-state index < -0.39 is 0 Å². The number of para-hydroxylation sites is 2. The lowest BCUT2D eigenvalue weighted by Crippen LogP contribution is -2.11. The number of ether oxygens (including phenoxy) is 2. The molecule has 182 valence electrons. The Kier molecular flexibility index (Phi) is 7.16. The predicted octanol–water partition coefficient (Wildman–Crippen LogP) is 8.51. The van der Waals surface area contributed by atoms with E-state index in [2.05, 4.69) is 12.4 Å². The molecule has 0 aliphatic rings. The molecule has 0 saturated carbocycles. The van der Waals surface area contributed by atoms with Crippen LogP contribution in [0.5, 0.6) is 23.0 Å². The van der Waals surface area contributed by atoms with E-state index in [4.69, 9.17) is 9.47 Å². The van der Waals surface area contributed by atoms with Gasteiger partial charge in [-0.15, -0.1) is 0 Å². The van der Waals surface area contributed by atoms with Crippen molar-refractivity contribution in [2.24, 2.45) is 0 Å². The van der Waals surface area contributed by atoms with Crippen molar-refractivity contribution >= 4 is 22.7 Å². The summed E-state index contributed by atoms with van der Waals surface area (Å²) in [6.45, 7) is 0. The largest absolute Gasteiger partial charge is 0.457 e. The van der Waals surface area contributed by atoms with Crippen molar-refractivity contribution in [2.75, 3.05) is 9.80 Å². The predicted molar refractivity (Wildman–Crippen MR) is 148 cm³/mol. The zero-order valence-corrected chi connectivity index (χ0v) is 20.3.